The van der Waals surface area contributed by atoms with Gasteiger partial charge in [0.05, 0.1) is 18.6 Å². The van der Waals surface area contributed by atoms with E-state index in [9.17, 15) is 9.59 Å². The van der Waals surface area contributed by atoms with Gasteiger partial charge in [-0.3, -0.25) is 14.7 Å². The van der Waals surface area contributed by atoms with Crippen LogP contribution in [-0.4, -0.2) is 45.1 Å². The molecular formula is C16H21N5O3S. The van der Waals surface area contributed by atoms with Crippen molar-refractivity contribution in [1.29, 1.82) is 0 Å². The first-order chi connectivity index (χ1) is 11.8. The van der Waals surface area contributed by atoms with E-state index in [0.29, 0.717) is 10.9 Å². The van der Waals surface area contributed by atoms with Crippen molar-refractivity contribution in [3.05, 3.63) is 30.6 Å². The van der Waals surface area contributed by atoms with E-state index in [2.05, 4.69) is 20.8 Å². The molecule has 1 heterocycles. The zero-order valence-corrected chi connectivity index (χ0v) is 15.4. The zero-order valence-electron chi connectivity index (χ0n) is 14.6. The molecule has 0 aliphatic carbocycles. The van der Waals surface area contributed by atoms with Gasteiger partial charge in [-0.15, -0.1) is 10.2 Å². The van der Waals surface area contributed by atoms with Crippen molar-refractivity contribution in [2.75, 3.05) is 12.9 Å². The van der Waals surface area contributed by atoms with Crippen LogP contribution in [0, 0.1) is 0 Å². The van der Waals surface area contributed by atoms with E-state index >= 15 is 0 Å². The number of carbonyl (C=O) groups is 2. The van der Waals surface area contributed by atoms with Gasteiger partial charge in [0, 0.05) is 5.54 Å². The molecule has 8 nitrogen and oxygen atoms in total. The molecule has 0 aliphatic rings. The van der Waals surface area contributed by atoms with E-state index in [1.165, 1.54) is 11.8 Å². The topological polar surface area (TPSA) is 98.1 Å². The zero-order chi connectivity index (χ0) is 18.4. The fourth-order valence-corrected chi connectivity index (χ4v) is 2.70. The normalized spacial score (nSPS) is 11.0. The Labute approximate surface area is 150 Å². The number of para-hydroxylation sites is 2. The molecule has 2 aromatic rings. The number of hydrogen-bond acceptors (Lipinski definition) is 6. The largest absolute Gasteiger partial charge is 0.495 e. The number of benzene rings is 1. The molecule has 2 N–H and O–H groups in total. The highest BCUT2D eigenvalue weighted by molar-refractivity contribution is 7.99. The summed E-state index contributed by atoms with van der Waals surface area (Å²) in [6.07, 6.45) is 1.55. The average molecular weight is 363 g/mol. The highest BCUT2D eigenvalue weighted by atomic mass is 32.2. The van der Waals surface area contributed by atoms with Crippen molar-refractivity contribution in [3.8, 4) is 11.4 Å². The lowest BCUT2D eigenvalue weighted by Crippen LogP contribution is -2.48. The van der Waals surface area contributed by atoms with E-state index < -0.39 is 17.5 Å². The van der Waals surface area contributed by atoms with Gasteiger partial charge < -0.3 is 10.1 Å². The fraction of sp³-hybridized carbons (Fsp3) is 0.375. The molecule has 0 saturated carbocycles. The molecule has 0 bridgehead atoms. The van der Waals surface area contributed by atoms with Crippen LogP contribution in [0.4, 0.5) is 4.79 Å². The molecule has 134 valence electrons. The number of imide groups is 1. The third-order valence-corrected chi connectivity index (χ3v) is 3.88. The number of rotatable bonds is 5. The Morgan fingerprint density at radius 2 is 2.00 bits per heavy atom. The molecule has 0 saturated heterocycles. The van der Waals surface area contributed by atoms with E-state index in [4.69, 9.17) is 4.74 Å². The van der Waals surface area contributed by atoms with Gasteiger partial charge in [0.1, 0.15) is 12.1 Å². The molecule has 0 aliphatic heterocycles. The average Bonchev–Trinajstić information content (AvgIpc) is 2.99. The minimum atomic E-state index is -0.524. The third kappa shape index (κ3) is 5.49. The maximum Gasteiger partial charge on any atom is 0.321 e. The standard InChI is InChI=1S/C16H21N5O3S/c1-16(2,3)19-14(23)18-13(22)9-25-15-20-17-10-21(15)11-7-5-6-8-12(11)24-4/h5-8,10H,9H2,1-4H3,(H2,18,19,22,23). The van der Waals surface area contributed by atoms with Crippen molar-refractivity contribution < 1.29 is 14.3 Å². The SMILES string of the molecule is COc1ccccc1-n1cnnc1SCC(=O)NC(=O)NC(C)(C)C. The first-order valence-corrected chi connectivity index (χ1v) is 8.57. The summed E-state index contributed by atoms with van der Waals surface area (Å²) >= 11 is 1.18. The summed E-state index contributed by atoms with van der Waals surface area (Å²) in [5.74, 6) is 0.283. The maximum absolute atomic E-state index is 11.9. The number of aromatic nitrogens is 3. The number of urea groups is 1. The quantitative estimate of drug-likeness (QED) is 0.789. The summed E-state index contributed by atoms with van der Waals surface area (Å²) in [7, 11) is 1.58. The first kappa shape index (κ1) is 18.8. The summed E-state index contributed by atoms with van der Waals surface area (Å²) in [5.41, 5.74) is 0.352. The fourth-order valence-electron chi connectivity index (χ4n) is 1.98. The van der Waals surface area contributed by atoms with E-state index in [-0.39, 0.29) is 5.75 Å². The molecule has 2 rings (SSSR count). The van der Waals surface area contributed by atoms with E-state index in [1.54, 1.807) is 18.0 Å². The van der Waals surface area contributed by atoms with Gasteiger partial charge in [0.2, 0.25) is 5.91 Å². The van der Waals surface area contributed by atoms with E-state index in [0.717, 1.165) is 5.69 Å². The van der Waals surface area contributed by atoms with Gasteiger partial charge >= 0.3 is 6.03 Å². The number of hydrogen-bond donors (Lipinski definition) is 2. The molecule has 1 aromatic heterocycles. The number of thioether (sulfide) groups is 1. The smallest absolute Gasteiger partial charge is 0.321 e. The van der Waals surface area contributed by atoms with Gasteiger partial charge in [0.15, 0.2) is 5.16 Å². The van der Waals surface area contributed by atoms with Gasteiger partial charge in [-0.05, 0) is 32.9 Å². The van der Waals surface area contributed by atoms with Gasteiger partial charge in [-0.25, -0.2) is 4.79 Å². The van der Waals surface area contributed by atoms with Gasteiger partial charge in [-0.2, -0.15) is 0 Å². The van der Waals surface area contributed by atoms with Crippen molar-refractivity contribution in [3.63, 3.8) is 0 Å². The highest BCUT2D eigenvalue weighted by Crippen LogP contribution is 2.26. The second-order valence-corrected chi connectivity index (χ2v) is 7.14. The van der Waals surface area contributed by atoms with Crippen LogP contribution in [0.1, 0.15) is 20.8 Å². The van der Waals surface area contributed by atoms with E-state index in [1.807, 2.05) is 45.0 Å². The number of methoxy groups -OCH3 is 1. The first-order valence-electron chi connectivity index (χ1n) is 7.58. The number of ether oxygens (including phenoxy) is 1. The molecule has 0 spiro atoms. The van der Waals surface area contributed by atoms with Crippen LogP contribution in [0.5, 0.6) is 5.75 Å². The van der Waals surface area contributed by atoms with Crippen LogP contribution in [-0.2, 0) is 4.79 Å². The lowest BCUT2D eigenvalue weighted by molar-refractivity contribution is -0.117. The second kappa shape index (κ2) is 8.02. The highest BCUT2D eigenvalue weighted by Gasteiger charge is 2.17. The minimum Gasteiger partial charge on any atom is -0.495 e. The predicted octanol–water partition coefficient (Wildman–Crippen LogP) is 1.99. The number of carbonyl (C=O) groups excluding carboxylic acids is 2. The Hall–Kier alpha value is -2.55. The van der Waals surface area contributed by atoms with Crippen molar-refractivity contribution in [2.24, 2.45) is 0 Å². The van der Waals surface area contributed by atoms with Crippen molar-refractivity contribution in [1.82, 2.24) is 25.4 Å². The van der Waals surface area contributed by atoms with Crippen LogP contribution in [0.15, 0.2) is 35.7 Å². The van der Waals surface area contributed by atoms with Crippen LogP contribution >= 0.6 is 11.8 Å². The summed E-state index contributed by atoms with van der Waals surface area (Å²) in [4.78, 5) is 23.6. The molecular weight excluding hydrogens is 342 g/mol. The van der Waals surface area contributed by atoms with Gasteiger partial charge in [0.25, 0.3) is 0 Å². The number of amides is 3. The summed E-state index contributed by atoms with van der Waals surface area (Å²) in [5, 5.41) is 13.4. The third-order valence-electron chi connectivity index (χ3n) is 2.94. The summed E-state index contributed by atoms with van der Waals surface area (Å²) in [6, 6.07) is 6.90. The van der Waals surface area contributed by atoms with Crippen LogP contribution < -0.4 is 15.4 Å². The molecule has 9 heteroatoms. The number of nitrogens with one attached hydrogen (secondary N) is 2. The number of nitrogens with zero attached hydrogens (tertiary/aromatic N) is 3. The molecule has 0 atom stereocenters. The monoisotopic (exact) mass is 363 g/mol. The van der Waals surface area contributed by atoms with Gasteiger partial charge in [-0.1, -0.05) is 23.9 Å². The molecule has 1 aromatic carbocycles. The molecule has 0 unspecified atom stereocenters. The van der Waals surface area contributed by atoms with Crippen LogP contribution in [0.3, 0.4) is 0 Å². The predicted molar refractivity (Wildman–Crippen MR) is 95.1 cm³/mol. The Balaban J connectivity index is 2.00. The Morgan fingerprint density at radius 3 is 2.68 bits per heavy atom. The maximum atomic E-state index is 11.9. The lowest BCUT2D eigenvalue weighted by atomic mass is 10.1. The molecule has 3 amide bonds. The Bertz CT molecular complexity index is 754. The summed E-state index contributed by atoms with van der Waals surface area (Å²) in [6.45, 7) is 5.50. The minimum absolute atomic E-state index is 0.0331. The van der Waals surface area contributed by atoms with Crippen molar-refractivity contribution in [2.45, 2.75) is 31.5 Å². The molecule has 0 radical (unpaired) electrons. The summed E-state index contributed by atoms with van der Waals surface area (Å²) < 4.78 is 7.06. The van der Waals surface area contributed by atoms with Crippen molar-refractivity contribution >= 4 is 23.7 Å². The molecule has 25 heavy (non-hydrogen) atoms. The Morgan fingerprint density at radius 1 is 1.28 bits per heavy atom. The Kier molecular flexibility index (Phi) is 6.02. The van der Waals surface area contributed by atoms with Crippen LogP contribution in [0.25, 0.3) is 5.69 Å². The lowest BCUT2D eigenvalue weighted by Gasteiger charge is -2.20. The second-order valence-electron chi connectivity index (χ2n) is 6.20. The molecule has 0 fully saturated rings. The van der Waals surface area contributed by atoms with Crippen LogP contribution in [0.2, 0.25) is 0 Å².